The first-order valence-electron chi connectivity index (χ1n) is 12.7. The van der Waals surface area contributed by atoms with E-state index in [-0.39, 0.29) is 5.92 Å². The van der Waals surface area contributed by atoms with Crippen LogP contribution in [0.3, 0.4) is 0 Å². The first-order valence-corrected chi connectivity index (χ1v) is 12.7. The van der Waals surface area contributed by atoms with Crippen molar-refractivity contribution in [1.82, 2.24) is 0 Å². The number of unbranched alkanes of at least 4 members (excludes halogenated alkanes) is 7. The lowest BCUT2D eigenvalue weighted by Gasteiger charge is -2.31. The van der Waals surface area contributed by atoms with Gasteiger partial charge in [0.25, 0.3) is 0 Å². The molecule has 162 valence electrons. The fraction of sp³-hybridized carbons (Fsp3) is 0.750. The van der Waals surface area contributed by atoms with Crippen LogP contribution in [0, 0.1) is 29.1 Å². The van der Waals surface area contributed by atoms with Crippen LogP contribution in [0.5, 0.6) is 0 Å². The lowest BCUT2D eigenvalue weighted by molar-refractivity contribution is 0.220. The van der Waals surface area contributed by atoms with Gasteiger partial charge in [-0.3, -0.25) is 0 Å². The van der Waals surface area contributed by atoms with Crippen LogP contribution in [0.4, 0.5) is 0 Å². The lowest BCUT2D eigenvalue weighted by atomic mass is 9.73. The summed E-state index contributed by atoms with van der Waals surface area (Å²) in [5, 5.41) is 9.80. The molecular formula is C28H45N. The van der Waals surface area contributed by atoms with E-state index in [9.17, 15) is 5.26 Å². The fourth-order valence-corrected chi connectivity index (χ4v) is 5.09. The minimum Gasteiger partial charge on any atom is -0.198 e. The van der Waals surface area contributed by atoms with Gasteiger partial charge in [0, 0.05) is 0 Å². The molecule has 0 aromatic heterocycles. The first kappa shape index (κ1) is 24.0. The average molecular weight is 396 g/mol. The third-order valence-corrected chi connectivity index (χ3v) is 7.14. The van der Waals surface area contributed by atoms with Gasteiger partial charge in [-0.05, 0) is 55.1 Å². The van der Waals surface area contributed by atoms with Gasteiger partial charge in [-0.1, -0.05) is 109 Å². The highest BCUT2D eigenvalue weighted by molar-refractivity contribution is 5.24. The van der Waals surface area contributed by atoms with Crippen molar-refractivity contribution >= 4 is 0 Å². The molecule has 1 aliphatic carbocycles. The summed E-state index contributed by atoms with van der Waals surface area (Å²) in [6.45, 7) is 4.55. The number of aryl methyl sites for hydroxylation is 1. The van der Waals surface area contributed by atoms with Crippen LogP contribution >= 0.6 is 0 Å². The largest absolute Gasteiger partial charge is 0.198 e. The van der Waals surface area contributed by atoms with Crippen molar-refractivity contribution in [1.29, 1.82) is 5.26 Å². The molecule has 1 atom stereocenters. The summed E-state index contributed by atoms with van der Waals surface area (Å²) in [5.74, 6) is 1.75. The Labute approximate surface area is 181 Å². The molecule has 2 rings (SSSR count). The van der Waals surface area contributed by atoms with Gasteiger partial charge in [0.2, 0.25) is 0 Å². The summed E-state index contributed by atoms with van der Waals surface area (Å²) in [5.41, 5.74) is 2.81. The molecule has 1 aromatic carbocycles. The van der Waals surface area contributed by atoms with E-state index in [4.69, 9.17) is 0 Å². The van der Waals surface area contributed by atoms with Crippen LogP contribution in [0.1, 0.15) is 115 Å². The van der Waals surface area contributed by atoms with E-state index in [0.717, 1.165) is 12.3 Å². The van der Waals surface area contributed by atoms with E-state index >= 15 is 0 Å². The number of nitriles is 1. The van der Waals surface area contributed by atoms with Gasteiger partial charge in [0.1, 0.15) is 0 Å². The molecule has 0 aliphatic heterocycles. The summed E-state index contributed by atoms with van der Waals surface area (Å²) in [6.07, 6.45) is 21.1. The highest BCUT2D eigenvalue weighted by Crippen LogP contribution is 2.37. The second kappa shape index (κ2) is 14.7. The van der Waals surface area contributed by atoms with Gasteiger partial charge in [-0.15, -0.1) is 0 Å². The Morgan fingerprint density at radius 1 is 0.793 bits per heavy atom. The molecule has 0 N–H and O–H groups in total. The van der Waals surface area contributed by atoms with Crippen molar-refractivity contribution in [3.8, 4) is 6.07 Å². The van der Waals surface area contributed by atoms with Crippen LogP contribution in [0.25, 0.3) is 0 Å². The molecule has 1 heteroatoms. The van der Waals surface area contributed by atoms with Gasteiger partial charge in [-0.2, -0.15) is 5.26 Å². The zero-order valence-corrected chi connectivity index (χ0v) is 19.3. The van der Waals surface area contributed by atoms with E-state index < -0.39 is 0 Å². The summed E-state index contributed by atoms with van der Waals surface area (Å²) in [6, 6.07) is 11.8. The Bertz CT molecular complexity index is 559. The molecule has 0 heterocycles. The molecular weight excluding hydrogens is 350 g/mol. The van der Waals surface area contributed by atoms with Gasteiger partial charge < -0.3 is 0 Å². The van der Waals surface area contributed by atoms with Crippen LogP contribution in [0.15, 0.2) is 24.3 Å². The maximum atomic E-state index is 9.80. The highest BCUT2D eigenvalue weighted by atomic mass is 14.4. The monoisotopic (exact) mass is 395 g/mol. The van der Waals surface area contributed by atoms with E-state index in [0.29, 0.717) is 5.92 Å². The number of nitrogens with zero attached hydrogens (tertiary/aromatic N) is 1. The zero-order valence-electron chi connectivity index (χ0n) is 19.3. The maximum Gasteiger partial charge on any atom is 0.0662 e. The number of benzene rings is 1. The Hall–Kier alpha value is -1.29. The third kappa shape index (κ3) is 9.37. The molecule has 1 fully saturated rings. The van der Waals surface area contributed by atoms with Crippen molar-refractivity contribution in [3.63, 3.8) is 0 Å². The normalized spacial score (nSPS) is 20.3. The van der Waals surface area contributed by atoms with Gasteiger partial charge in [-0.25, -0.2) is 0 Å². The summed E-state index contributed by atoms with van der Waals surface area (Å²) in [7, 11) is 0. The van der Waals surface area contributed by atoms with Crippen molar-refractivity contribution in [2.45, 2.75) is 117 Å². The highest BCUT2D eigenvalue weighted by Gasteiger charge is 2.27. The van der Waals surface area contributed by atoms with E-state index in [1.54, 1.807) is 0 Å². The Balaban J connectivity index is 1.70. The molecule has 1 unspecified atom stereocenters. The van der Waals surface area contributed by atoms with Crippen molar-refractivity contribution in [2.24, 2.45) is 17.8 Å². The van der Waals surface area contributed by atoms with Crippen molar-refractivity contribution in [2.75, 3.05) is 0 Å². The SMILES string of the molecule is CCCCCCCC1CCC(C(C#N)Cc2ccc(CCCCCC)cc2)CC1. The number of rotatable bonds is 14. The van der Waals surface area contributed by atoms with E-state index in [1.807, 2.05) is 0 Å². The van der Waals surface area contributed by atoms with Gasteiger partial charge >= 0.3 is 0 Å². The Morgan fingerprint density at radius 2 is 1.38 bits per heavy atom. The zero-order chi connectivity index (χ0) is 20.7. The standard InChI is InChI=1S/C28H45N/c1-3-5-7-9-11-13-25-18-20-27(21-19-25)28(23-29)22-26-16-14-24(15-17-26)12-10-8-6-4-2/h14-17,25,27-28H,3-13,18-22H2,1-2H3. The van der Waals surface area contributed by atoms with Crippen LogP contribution < -0.4 is 0 Å². The maximum absolute atomic E-state index is 9.80. The van der Waals surface area contributed by atoms with Crippen molar-refractivity contribution in [3.05, 3.63) is 35.4 Å². The predicted molar refractivity (Wildman–Crippen MR) is 126 cm³/mol. The minimum absolute atomic E-state index is 0.205. The number of hydrogen-bond donors (Lipinski definition) is 0. The molecule has 1 aliphatic rings. The fourth-order valence-electron chi connectivity index (χ4n) is 5.09. The second-order valence-electron chi connectivity index (χ2n) is 9.55. The summed E-state index contributed by atoms with van der Waals surface area (Å²) < 4.78 is 0. The summed E-state index contributed by atoms with van der Waals surface area (Å²) >= 11 is 0. The van der Waals surface area contributed by atoms with Crippen molar-refractivity contribution < 1.29 is 0 Å². The molecule has 0 saturated heterocycles. The Morgan fingerprint density at radius 3 is 2.00 bits per heavy atom. The molecule has 0 spiro atoms. The molecule has 0 radical (unpaired) electrons. The predicted octanol–water partition coefficient (Wildman–Crippen LogP) is 8.66. The van der Waals surface area contributed by atoms with Gasteiger partial charge in [0.05, 0.1) is 12.0 Å². The minimum atomic E-state index is 0.205. The second-order valence-corrected chi connectivity index (χ2v) is 9.55. The van der Waals surface area contributed by atoms with E-state index in [2.05, 4.69) is 44.2 Å². The van der Waals surface area contributed by atoms with Gasteiger partial charge in [0.15, 0.2) is 0 Å². The number of hydrogen-bond acceptors (Lipinski definition) is 1. The van der Waals surface area contributed by atoms with E-state index in [1.165, 1.54) is 107 Å². The molecule has 0 amide bonds. The molecule has 1 nitrogen and oxygen atoms in total. The summed E-state index contributed by atoms with van der Waals surface area (Å²) in [4.78, 5) is 0. The lowest BCUT2D eigenvalue weighted by Crippen LogP contribution is -2.22. The topological polar surface area (TPSA) is 23.8 Å². The van der Waals surface area contributed by atoms with Crippen LogP contribution in [-0.4, -0.2) is 0 Å². The van der Waals surface area contributed by atoms with Crippen LogP contribution in [0.2, 0.25) is 0 Å². The molecule has 0 bridgehead atoms. The third-order valence-electron chi connectivity index (χ3n) is 7.14. The first-order chi connectivity index (χ1) is 14.3. The Kier molecular flexibility index (Phi) is 12.1. The molecule has 1 saturated carbocycles. The van der Waals surface area contributed by atoms with Crippen LogP contribution in [-0.2, 0) is 12.8 Å². The average Bonchev–Trinajstić information content (AvgIpc) is 2.76. The quantitative estimate of drug-likeness (QED) is 0.289. The molecule has 29 heavy (non-hydrogen) atoms. The molecule has 1 aromatic rings. The smallest absolute Gasteiger partial charge is 0.0662 e.